The molecule has 0 fully saturated rings. The van der Waals surface area contributed by atoms with E-state index in [4.69, 9.17) is 10.3 Å². The Labute approximate surface area is 120 Å². The molecular formula is C8H14IN3O5S. The normalized spacial score (nSPS) is 13.5. The SMILES string of the molecule is C[C@H](NC(=O)[C@H](CCC(=O)NO)NSI)C(=O)O. The van der Waals surface area contributed by atoms with Crippen LogP contribution in [0, 0.1) is 0 Å². The van der Waals surface area contributed by atoms with Crippen LogP contribution in [0.15, 0.2) is 0 Å². The summed E-state index contributed by atoms with van der Waals surface area (Å²) in [6, 6.07) is -1.72. The van der Waals surface area contributed by atoms with E-state index in [0.29, 0.717) is 0 Å². The van der Waals surface area contributed by atoms with Crippen LogP contribution in [0.25, 0.3) is 0 Å². The summed E-state index contributed by atoms with van der Waals surface area (Å²) in [5, 5.41) is 19.3. The first-order valence-corrected chi connectivity index (χ1v) is 8.27. The lowest BCUT2D eigenvalue weighted by Crippen LogP contribution is -2.47. The molecule has 18 heavy (non-hydrogen) atoms. The summed E-state index contributed by atoms with van der Waals surface area (Å²) >= 11 is 1.91. The predicted molar refractivity (Wildman–Crippen MR) is 72.9 cm³/mol. The van der Waals surface area contributed by atoms with Crippen LogP contribution in [-0.2, 0) is 14.4 Å². The molecule has 0 aromatic carbocycles. The fraction of sp³-hybridized carbons (Fsp3) is 0.625. The van der Waals surface area contributed by atoms with Gasteiger partial charge in [-0.05, 0) is 22.5 Å². The quantitative estimate of drug-likeness (QED) is 0.168. The third-order valence-corrected chi connectivity index (χ3v) is 3.15. The Morgan fingerprint density at radius 3 is 2.44 bits per heavy atom. The molecule has 0 radical (unpaired) electrons. The van der Waals surface area contributed by atoms with Crippen molar-refractivity contribution in [2.75, 3.05) is 0 Å². The van der Waals surface area contributed by atoms with E-state index >= 15 is 0 Å². The summed E-state index contributed by atoms with van der Waals surface area (Å²) in [5.74, 6) is -2.27. The number of carbonyl (C=O) groups excluding carboxylic acids is 2. The molecular weight excluding hydrogens is 377 g/mol. The molecule has 0 aliphatic rings. The monoisotopic (exact) mass is 391 g/mol. The van der Waals surface area contributed by atoms with Crippen LogP contribution in [0.2, 0.25) is 0 Å². The van der Waals surface area contributed by atoms with Crippen LogP contribution in [0.4, 0.5) is 0 Å². The van der Waals surface area contributed by atoms with E-state index < -0.39 is 29.9 Å². The van der Waals surface area contributed by atoms with Crippen molar-refractivity contribution >= 4 is 48.1 Å². The van der Waals surface area contributed by atoms with E-state index in [0.717, 1.165) is 9.12 Å². The van der Waals surface area contributed by atoms with Gasteiger partial charge in [-0.1, -0.05) is 0 Å². The number of hydrogen-bond donors (Lipinski definition) is 5. The predicted octanol–water partition coefficient (Wildman–Crippen LogP) is -0.182. The maximum Gasteiger partial charge on any atom is 0.325 e. The summed E-state index contributed by atoms with van der Waals surface area (Å²) in [7, 11) is 1.15. The molecule has 0 aliphatic carbocycles. The van der Waals surface area contributed by atoms with Gasteiger partial charge in [0.25, 0.3) is 0 Å². The van der Waals surface area contributed by atoms with Crippen LogP contribution >= 0.6 is 30.3 Å². The Kier molecular flexibility index (Phi) is 9.05. The molecule has 5 N–H and O–H groups in total. The molecule has 0 aromatic rings. The number of hydrogen-bond acceptors (Lipinski definition) is 6. The molecule has 0 saturated carbocycles. The Morgan fingerprint density at radius 2 is 2.00 bits per heavy atom. The number of carboxylic acids is 1. The van der Waals surface area contributed by atoms with Crippen molar-refractivity contribution < 1.29 is 24.7 Å². The highest BCUT2D eigenvalue weighted by Gasteiger charge is 2.22. The summed E-state index contributed by atoms with van der Waals surface area (Å²) in [6.07, 6.45) is 0.0841. The molecule has 0 spiro atoms. The topological polar surface area (TPSA) is 128 Å². The number of carboxylic acid groups (broad SMARTS) is 1. The van der Waals surface area contributed by atoms with Gasteiger partial charge in [0.1, 0.15) is 6.04 Å². The van der Waals surface area contributed by atoms with Crippen molar-refractivity contribution in [2.24, 2.45) is 0 Å². The first-order chi connectivity index (χ1) is 8.42. The van der Waals surface area contributed by atoms with Gasteiger partial charge >= 0.3 is 5.97 Å². The number of aliphatic carboxylic acids is 1. The second-order valence-corrected chi connectivity index (χ2v) is 5.10. The lowest BCUT2D eigenvalue weighted by Gasteiger charge is -2.17. The average Bonchev–Trinajstić information content (AvgIpc) is 2.33. The third-order valence-electron chi connectivity index (χ3n) is 2.02. The zero-order valence-corrected chi connectivity index (χ0v) is 12.4. The van der Waals surface area contributed by atoms with Crippen LogP contribution in [-0.4, -0.2) is 40.2 Å². The fourth-order valence-electron chi connectivity index (χ4n) is 1.00. The number of amides is 2. The molecule has 0 aliphatic heterocycles. The second-order valence-electron chi connectivity index (χ2n) is 3.39. The maximum atomic E-state index is 11.7. The van der Waals surface area contributed by atoms with Gasteiger partial charge in [-0.15, -0.1) is 0 Å². The van der Waals surface area contributed by atoms with Crippen molar-refractivity contribution in [3.63, 3.8) is 0 Å². The Bertz CT molecular complexity index is 317. The second kappa shape index (κ2) is 9.35. The lowest BCUT2D eigenvalue weighted by atomic mass is 10.1. The summed E-state index contributed by atoms with van der Waals surface area (Å²) in [4.78, 5) is 33.1. The minimum Gasteiger partial charge on any atom is -0.480 e. The molecule has 0 heterocycles. The number of nitrogens with one attached hydrogen (secondary N) is 3. The van der Waals surface area contributed by atoms with Crippen LogP contribution in [0.5, 0.6) is 0 Å². The molecule has 0 aromatic heterocycles. The minimum absolute atomic E-state index is 0.0553. The van der Waals surface area contributed by atoms with Crippen LogP contribution in [0.3, 0.4) is 0 Å². The number of halogens is 1. The minimum atomic E-state index is -1.14. The highest BCUT2D eigenvalue weighted by atomic mass is 127. The van der Waals surface area contributed by atoms with Gasteiger partial charge in [0, 0.05) is 27.6 Å². The van der Waals surface area contributed by atoms with Gasteiger partial charge in [-0.25, -0.2) is 10.2 Å². The van der Waals surface area contributed by atoms with E-state index in [-0.39, 0.29) is 12.8 Å². The van der Waals surface area contributed by atoms with Gasteiger partial charge in [-0.2, -0.15) is 0 Å². The first-order valence-electron chi connectivity index (χ1n) is 4.91. The van der Waals surface area contributed by atoms with Gasteiger partial charge in [0.15, 0.2) is 0 Å². The highest BCUT2D eigenvalue weighted by Crippen LogP contribution is 2.10. The van der Waals surface area contributed by atoms with Crippen molar-refractivity contribution in [2.45, 2.75) is 31.8 Å². The molecule has 104 valence electrons. The molecule has 2 amide bonds. The molecule has 8 nitrogen and oxygen atoms in total. The fourth-order valence-corrected chi connectivity index (χ4v) is 2.26. The molecule has 0 bridgehead atoms. The zero-order valence-electron chi connectivity index (χ0n) is 9.47. The number of rotatable bonds is 8. The summed E-state index contributed by atoms with van der Waals surface area (Å²) < 4.78 is 2.74. The molecule has 10 heteroatoms. The van der Waals surface area contributed by atoms with Gasteiger partial charge in [-0.3, -0.25) is 19.6 Å². The van der Waals surface area contributed by atoms with Gasteiger partial charge < -0.3 is 10.4 Å². The Hall–Kier alpha value is -0.590. The number of carbonyl (C=O) groups is 3. The summed E-state index contributed by atoms with van der Waals surface area (Å²) in [5.41, 5.74) is 1.46. The summed E-state index contributed by atoms with van der Waals surface area (Å²) in [6.45, 7) is 1.34. The lowest BCUT2D eigenvalue weighted by molar-refractivity contribution is -0.141. The van der Waals surface area contributed by atoms with Crippen molar-refractivity contribution in [3.05, 3.63) is 0 Å². The van der Waals surface area contributed by atoms with Crippen molar-refractivity contribution in [3.8, 4) is 0 Å². The maximum absolute atomic E-state index is 11.7. The molecule has 2 atom stereocenters. The Balaban J connectivity index is 4.34. The van der Waals surface area contributed by atoms with Crippen molar-refractivity contribution in [1.29, 1.82) is 0 Å². The smallest absolute Gasteiger partial charge is 0.325 e. The van der Waals surface area contributed by atoms with E-state index in [2.05, 4.69) is 10.0 Å². The molecule has 0 rings (SSSR count). The first kappa shape index (κ1) is 17.4. The van der Waals surface area contributed by atoms with Gasteiger partial charge in [0.05, 0.1) is 6.04 Å². The zero-order chi connectivity index (χ0) is 14.1. The molecule has 0 unspecified atom stereocenters. The van der Waals surface area contributed by atoms with E-state index in [9.17, 15) is 14.4 Å². The van der Waals surface area contributed by atoms with Crippen LogP contribution in [0.1, 0.15) is 19.8 Å². The van der Waals surface area contributed by atoms with Crippen LogP contribution < -0.4 is 15.5 Å². The van der Waals surface area contributed by atoms with Crippen molar-refractivity contribution in [1.82, 2.24) is 15.5 Å². The van der Waals surface area contributed by atoms with E-state index in [1.807, 2.05) is 21.2 Å². The highest BCUT2D eigenvalue weighted by molar-refractivity contribution is 14.2. The molecule has 0 saturated heterocycles. The standard InChI is InChI=1S/C8H14IN3O5S/c1-4(8(15)16)10-7(14)5(12-18-9)2-3-6(13)11-17/h4-5,12,17H,2-3H2,1H3,(H,10,14)(H,11,13)(H,15,16)/t4-,5-/m0/s1. The van der Waals surface area contributed by atoms with Gasteiger partial charge in [0.2, 0.25) is 11.8 Å². The number of hydroxylamine groups is 1. The van der Waals surface area contributed by atoms with E-state index in [1.165, 1.54) is 12.4 Å². The average molecular weight is 391 g/mol. The third kappa shape index (κ3) is 6.98. The largest absolute Gasteiger partial charge is 0.480 e. The Morgan fingerprint density at radius 1 is 1.39 bits per heavy atom. The van der Waals surface area contributed by atoms with E-state index in [1.54, 1.807) is 0 Å².